The molecule has 172 valence electrons. The van der Waals surface area contributed by atoms with E-state index in [0.717, 1.165) is 18.1 Å². The number of ether oxygens (including phenoxy) is 1. The van der Waals surface area contributed by atoms with Gasteiger partial charge < -0.3 is 4.74 Å². The first kappa shape index (κ1) is 27.4. The first-order chi connectivity index (χ1) is 13.8. The second-order valence-corrected chi connectivity index (χ2v) is 16.8. The summed E-state index contributed by atoms with van der Waals surface area (Å²) in [5.41, 5.74) is -1.19. The van der Waals surface area contributed by atoms with Crippen LogP contribution in [0.2, 0.25) is 18.1 Å². The molecule has 1 heterocycles. The van der Waals surface area contributed by atoms with Crippen molar-refractivity contribution in [2.75, 3.05) is 6.61 Å². The van der Waals surface area contributed by atoms with E-state index < -0.39 is 41.1 Å². The van der Waals surface area contributed by atoms with Gasteiger partial charge in [0.2, 0.25) is 0 Å². The van der Waals surface area contributed by atoms with E-state index in [-0.39, 0.29) is 18.7 Å². The van der Waals surface area contributed by atoms with Crippen molar-refractivity contribution in [1.82, 2.24) is 9.71 Å². The Balaban J connectivity index is 3.71. The van der Waals surface area contributed by atoms with E-state index in [4.69, 9.17) is 4.74 Å². The van der Waals surface area contributed by atoms with Crippen LogP contribution in [-0.4, -0.2) is 34.6 Å². The Kier molecular flexibility index (Phi) is 9.85. The second kappa shape index (κ2) is 10.8. The third kappa shape index (κ3) is 6.20. The average Bonchev–Trinajstić information content (AvgIpc) is 2.65. The number of pyridine rings is 1. The van der Waals surface area contributed by atoms with Gasteiger partial charge in [-0.3, -0.25) is 4.79 Å². The average molecular weight is 524 g/mol. The van der Waals surface area contributed by atoms with Gasteiger partial charge in [-0.1, -0.05) is 38.9 Å². The lowest BCUT2D eigenvalue weighted by Crippen LogP contribution is -2.52. The highest BCUT2D eigenvalue weighted by Crippen LogP contribution is 2.32. The van der Waals surface area contributed by atoms with E-state index >= 15 is 4.39 Å². The van der Waals surface area contributed by atoms with Gasteiger partial charge in [-0.2, -0.15) is 0 Å². The maximum Gasteiger partial charge on any atom is 0.308 e. The number of nitrogens with one attached hydrogen (secondary N) is 1. The number of carbonyl (C=O) groups is 1. The van der Waals surface area contributed by atoms with Gasteiger partial charge in [0.05, 0.1) is 48.1 Å². The first-order valence-electron chi connectivity index (χ1n) is 10.5. The molecule has 1 aromatic rings. The predicted octanol–water partition coefficient (Wildman–Crippen LogP) is 4.92. The van der Waals surface area contributed by atoms with Crippen molar-refractivity contribution in [3.8, 4) is 0 Å². The quantitative estimate of drug-likeness (QED) is 0.269. The molecule has 0 fully saturated rings. The first-order valence-corrected chi connectivity index (χ1v) is 15.1. The van der Waals surface area contributed by atoms with Crippen molar-refractivity contribution in [1.29, 1.82) is 0 Å². The van der Waals surface area contributed by atoms with Crippen LogP contribution in [0, 0.1) is 5.82 Å². The smallest absolute Gasteiger partial charge is 0.308 e. The number of nitrogens with zero attached hydrogens (tertiary/aromatic N) is 1. The van der Waals surface area contributed by atoms with Crippen LogP contribution in [0.1, 0.15) is 67.5 Å². The summed E-state index contributed by atoms with van der Waals surface area (Å²) in [5.74, 6) is -0.897. The van der Waals surface area contributed by atoms with Gasteiger partial charge in [-0.25, -0.2) is 18.3 Å². The number of rotatable bonds is 10. The molecule has 0 amide bonds. The second-order valence-electron chi connectivity index (χ2n) is 8.79. The van der Waals surface area contributed by atoms with Crippen molar-refractivity contribution < 1.29 is 18.1 Å². The number of aromatic nitrogens is 1. The number of hydrogen-bond donors (Lipinski definition) is 1. The van der Waals surface area contributed by atoms with Crippen LogP contribution in [0.4, 0.5) is 4.39 Å². The van der Waals surface area contributed by atoms with Crippen molar-refractivity contribution in [3.63, 3.8) is 0 Å². The number of halogens is 2. The van der Waals surface area contributed by atoms with Crippen molar-refractivity contribution in [2.24, 2.45) is 0 Å². The van der Waals surface area contributed by atoms with Gasteiger partial charge in [0.1, 0.15) is 10.4 Å². The summed E-state index contributed by atoms with van der Waals surface area (Å²) in [6, 6.07) is 4.50. The van der Waals surface area contributed by atoms with Crippen LogP contribution < -0.4 is 9.91 Å². The SMILES string of the molecule is CCOC(=O)C[C@](C)(N[S@](=O)C(C)(C)C)c1nc(Br)cc([Si](CC)(CC)CC)c1F. The monoisotopic (exact) mass is 522 g/mol. The fourth-order valence-electron chi connectivity index (χ4n) is 3.60. The lowest BCUT2D eigenvalue weighted by atomic mass is 9.94. The molecule has 0 aliphatic rings. The van der Waals surface area contributed by atoms with Crippen LogP contribution in [-0.2, 0) is 26.1 Å². The molecule has 1 N–H and O–H groups in total. The highest BCUT2D eigenvalue weighted by molar-refractivity contribution is 9.10. The molecule has 1 rings (SSSR count). The molecular formula is C21H36BrFN2O3SSi. The zero-order valence-electron chi connectivity index (χ0n) is 19.4. The minimum Gasteiger partial charge on any atom is -0.466 e. The molecule has 0 saturated heterocycles. The Morgan fingerprint density at radius 2 is 1.73 bits per heavy atom. The van der Waals surface area contributed by atoms with Crippen molar-refractivity contribution in [3.05, 3.63) is 22.2 Å². The van der Waals surface area contributed by atoms with Crippen LogP contribution in [0.25, 0.3) is 0 Å². The largest absolute Gasteiger partial charge is 0.466 e. The molecule has 0 radical (unpaired) electrons. The lowest BCUT2D eigenvalue weighted by molar-refractivity contribution is -0.144. The summed E-state index contributed by atoms with van der Waals surface area (Å²) in [6.45, 7) is 15.4. The molecule has 0 saturated carbocycles. The highest BCUT2D eigenvalue weighted by atomic mass is 79.9. The van der Waals surface area contributed by atoms with E-state index in [0.29, 0.717) is 9.79 Å². The summed E-state index contributed by atoms with van der Waals surface area (Å²) in [4.78, 5) is 16.8. The lowest BCUT2D eigenvalue weighted by Gasteiger charge is -2.35. The molecule has 1 aromatic heterocycles. The van der Waals surface area contributed by atoms with Crippen LogP contribution in [0.5, 0.6) is 0 Å². The van der Waals surface area contributed by atoms with Gasteiger partial charge in [0, 0.05) is 0 Å². The fraction of sp³-hybridized carbons (Fsp3) is 0.714. The van der Waals surface area contributed by atoms with Gasteiger partial charge in [-0.15, -0.1) is 0 Å². The van der Waals surface area contributed by atoms with E-state index in [9.17, 15) is 9.00 Å². The maximum absolute atomic E-state index is 16.0. The van der Waals surface area contributed by atoms with Crippen LogP contribution in [0.15, 0.2) is 10.7 Å². The summed E-state index contributed by atoms with van der Waals surface area (Å²) in [5, 5.41) is 0.699. The number of hydrogen-bond acceptors (Lipinski definition) is 4. The Bertz CT molecular complexity index is 776. The Hall–Kier alpha value is -0.643. The molecule has 0 unspecified atom stereocenters. The minimum atomic E-state index is -2.08. The molecule has 30 heavy (non-hydrogen) atoms. The Morgan fingerprint density at radius 1 is 1.20 bits per heavy atom. The molecule has 9 heteroatoms. The van der Waals surface area contributed by atoms with E-state index in [2.05, 4.69) is 46.4 Å². The van der Waals surface area contributed by atoms with Crippen molar-refractivity contribution in [2.45, 2.75) is 90.2 Å². The maximum atomic E-state index is 16.0. The van der Waals surface area contributed by atoms with Gasteiger partial charge in [0.25, 0.3) is 0 Å². The minimum absolute atomic E-state index is 0.102. The van der Waals surface area contributed by atoms with E-state index in [1.807, 2.05) is 20.8 Å². The Morgan fingerprint density at radius 3 is 2.17 bits per heavy atom. The van der Waals surface area contributed by atoms with E-state index in [1.165, 1.54) is 0 Å². The van der Waals surface area contributed by atoms with Gasteiger partial charge in [-0.05, 0) is 61.8 Å². The molecule has 5 nitrogen and oxygen atoms in total. The molecule has 0 aromatic carbocycles. The standard InChI is InChI=1S/C21H36BrFN2O3SSi/c1-9-28-17(26)14-21(8,25-29(27)20(5,6)7)19-18(23)15(13-16(22)24-19)30(10-2,11-3)12-4/h13,25H,9-12,14H2,1-8H3/t21-,29+/m0/s1. The zero-order valence-corrected chi connectivity index (χ0v) is 22.9. The predicted molar refractivity (Wildman–Crippen MR) is 128 cm³/mol. The Labute approximate surface area is 192 Å². The normalized spacial score (nSPS) is 15.5. The molecule has 0 aliphatic carbocycles. The molecule has 0 bridgehead atoms. The molecule has 2 atom stereocenters. The summed E-state index contributed by atoms with van der Waals surface area (Å²) in [6.07, 6.45) is -0.179. The third-order valence-corrected chi connectivity index (χ3v) is 13.4. The summed E-state index contributed by atoms with van der Waals surface area (Å²) in [7, 11) is -3.62. The number of carbonyl (C=O) groups excluding carboxylic acids is 1. The van der Waals surface area contributed by atoms with Gasteiger partial charge in [0.15, 0.2) is 0 Å². The highest BCUT2D eigenvalue weighted by Gasteiger charge is 2.42. The van der Waals surface area contributed by atoms with Crippen molar-refractivity contribution >= 4 is 46.1 Å². The zero-order chi connectivity index (χ0) is 23.3. The van der Waals surface area contributed by atoms with Crippen LogP contribution >= 0.6 is 15.9 Å². The summed E-state index contributed by atoms with van der Waals surface area (Å²) >= 11 is 3.45. The number of esters is 1. The van der Waals surface area contributed by atoms with Gasteiger partial charge >= 0.3 is 5.97 Å². The van der Waals surface area contributed by atoms with Crippen LogP contribution in [0.3, 0.4) is 0 Å². The summed E-state index contributed by atoms with van der Waals surface area (Å²) < 4.78 is 37.0. The third-order valence-electron chi connectivity index (χ3n) is 5.73. The molecule has 0 aliphatic heterocycles. The molecular weight excluding hydrogens is 487 g/mol. The topological polar surface area (TPSA) is 68.3 Å². The fourth-order valence-corrected chi connectivity index (χ4v) is 8.77. The molecule has 0 spiro atoms. The van der Waals surface area contributed by atoms with E-state index in [1.54, 1.807) is 19.9 Å².